The van der Waals surface area contributed by atoms with Crippen LogP contribution in [-0.2, 0) is 17.8 Å². The molecule has 3 rings (SSSR count). The second kappa shape index (κ2) is 6.35. The Bertz CT molecular complexity index is 759. The molecule has 0 aliphatic heterocycles. The van der Waals surface area contributed by atoms with Gasteiger partial charge in [-0.05, 0) is 29.8 Å². The van der Waals surface area contributed by atoms with Crippen LogP contribution in [0.15, 0.2) is 59.0 Å². The Morgan fingerprint density at radius 2 is 2.00 bits per heavy atom. The Hall–Kier alpha value is -2.75. The van der Waals surface area contributed by atoms with Crippen LogP contribution in [0.2, 0.25) is 0 Å². The summed E-state index contributed by atoms with van der Waals surface area (Å²) in [7, 11) is 1.61. The molecule has 0 unspecified atom stereocenters. The monoisotopic (exact) mass is 295 g/mol. The van der Waals surface area contributed by atoms with Crippen molar-refractivity contribution >= 4 is 16.9 Å². The van der Waals surface area contributed by atoms with Crippen molar-refractivity contribution in [1.82, 2.24) is 5.32 Å². The lowest BCUT2D eigenvalue weighted by Gasteiger charge is -2.05. The third-order valence-corrected chi connectivity index (χ3v) is 3.44. The largest absolute Gasteiger partial charge is 0.497 e. The number of amides is 1. The maximum absolute atomic E-state index is 12.0. The molecule has 0 radical (unpaired) electrons. The van der Waals surface area contributed by atoms with Crippen LogP contribution in [0, 0.1) is 0 Å². The van der Waals surface area contributed by atoms with E-state index in [-0.39, 0.29) is 5.91 Å². The third-order valence-electron chi connectivity index (χ3n) is 3.44. The number of methoxy groups -OCH3 is 1. The van der Waals surface area contributed by atoms with Gasteiger partial charge in [0.1, 0.15) is 17.1 Å². The summed E-state index contributed by atoms with van der Waals surface area (Å²) in [5.74, 6) is 1.46. The first kappa shape index (κ1) is 14.2. The fourth-order valence-corrected chi connectivity index (χ4v) is 2.34. The maximum Gasteiger partial charge on any atom is 0.224 e. The van der Waals surface area contributed by atoms with E-state index in [0.717, 1.165) is 28.0 Å². The summed E-state index contributed by atoms with van der Waals surface area (Å²) < 4.78 is 10.8. The van der Waals surface area contributed by atoms with E-state index in [4.69, 9.17) is 9.15 Å². The minimum Gasteiger partial charge on any atom is -0.497 e. The van der Waals surface area contributed by atoms with E-state index in [1.165, 1.54) is 0 Å². The van der Waals surface area contributed by atoms with Crippen molar-refractivity contribution in [3.63, 3.8) is 0 Å². The van der Waals surface area contributed by atoms with Crippen LogP contribution in [0.3, 0.4) is 0 Å². The van der Waals surface area contributed by atoms with Crippen molar-refractivity contribution in [2.24, 2.45) is 0 Å². The standard InChI is InChI=1S/C18H17NO3/c1-21-15-7-4-5-13(9-15)10-18(20)19-12-16-11-14-6-2-3-8-17(14)22-16/h2-9,11H,10,12H2,1H3,(H,19,20). The number of hydrogen-bond acceptors (Lipinski definition) is 3. The summed E-state index contributed by atoms with van der Waals surface area (Å²) in [5, 5.41) is 3.91. The van der Waals surface area contributed by atoms with Gasteiger partial charge < -0.3 is 14.5 Å². The molecule has 0 saturated heterocycles. The van der Waals surface area contributed by atoms with E-state index in [1.54, 1.807) is 7.11 Å². The molecule has 4 heteroatoms. The summed E-state index contributed by atoms with van der Waals surface area (Å²) in [4.78, 5) is 12.0. The molecule has 0 saturated carbocycles. The molecule has 22 heavy (non-hydrogen) atoms. The Morgan fingerprint density at radius 3 is 2.82 bits per heavy atom. The highest BCUT2D eigenvalue weighted by Gasteiger charge is 2.07. The van der Waals surface area contributed by atoms with Gasteiger partial charge in [-0.3, -0.25) is 4.79 Å². The summed E-state index contributed by atoms with van der Waals surface area (Å²) in [6.45, 7) is 0.386. The quantitative estimate of drug-likeness (QED) is 0.785. The predicted octanol–water partition coefficient (Wildman–Crippen LogP) is 3.30. The number of furan rings is 1. The zero-order valence-electron chi connectivity index (χ0n) is 12.3. The van der Waals surface area contributed by atoms with Crippen LogP contribution in [0.1, 0.15) is 11.3 Å². The molecule has 1 heterocycles. The van der Waals surface area contributed by atoms with Crippen LogP contribution in [0.5, 0.6) is 5.75 Å². The summed E-state index contributed by atoms with van der Waals surface area (Å²) in [6.07, 6.45) is 0.317. The molecular weight excluding hydrogens is 278 g/mol. The highest BCUT2D eigenvalue weighted by Crippen LogP contribution is 2.18. The van der Waals surface area contributed by atoms with E-state index in [1.807, 2.05) is 54.6 Å². The molecule has 2 aromatic carbocycles. The number of hydrogen-bond donors (Lipinski definition) is 1. The van der Waals surface area contributed by atoms with E-state index in [9.17, 15) is 4.79 Å². The molecular formula is C18H17NO3. The number of benzene rings is 2. The molecule has 3 aromatic rings. The lowest BCUT2D eigenvalue weighted by atomic mass is 10.1. The topological polar surface area (TPSA) is 51.5 Å². The molecule has 0 spiro atoms. The minimum atomic E-state index is -0.0475. The first-order valence-corrected chi connectivity index (χ1v) is 7.12. The van der Waals surface area contributed by atoms with Gasteiger partial charge in [0, 0.05) is 5.39 Å². The van der Waals surface area contributed by atoms with Crippen LogP contribution in [0.4, 0.5) is 0 Å². The molecule has 0 fully saturated rings. The molecule has 4 nitrogen and oxygen atoms in total. The Kier molecular flexibility index (Phi) is 4.10. The fraction of sp³-hybridized carbons (Fsp3) is 0.167. The number of para-hydroxylation sites is 1. The number of rotatable bonds is 5. The SMILES string of the molecule is COc1cccc(CC(=O)NCc2cc3ccccc3o2)c1. The molecule has 0 atom stereocenters. The average molecular weight is 295 g/mol. The van der Waals surface area contributed by atoms with Gasteiger partial charge >= 0.3 is 0 Å². The van der Waals surface area contributed by atoms with E-state index in [0.29, 0.717) is 13.0 Å². The van der Waals surface area contributed by atoms with Crippen LogP contribution in [0.25, 0.3) is 11.0 Å². The van der Waals surface area contributed by atoms with E-state index in [2.05, 4.69) is 5.32 Å². The number of fused-ring (bicyclic) bond motifs is 1. The van der Waals surface area contributed by atoms with Gasteiger partial charge in [-0.25, -0.2) is 0 Å². The van der Waals surface area contributed by atoms with E-state index < -0.39 is 0 Å². The van der Waals surface area contributed by atoms with Crippen LogP contribution < -0.4 is 10.1 Å². The first-order valence-electron chi connectivity index (χ1n) is 7.12. The maximum atomic E-state index is 12.0. The van der Waals surface area contributed by atoms with Crippen LogP contribution in [-0.4, -0.2) is 13.0 Å². The van der Waals surface area contributed by atoms with Crippen molar-refractivity contribution in [1.29, 1.82) is 0 Å². The van der Waals surface area contributed by atoms with Gasteiger partial charge in [-0.15, -0.1) is 0 Å². The molecule has 0 aliphatic carbocycles. The number of carbonyl (C=O) groups is 1. The average Bonchev–Trinajstić information content (AvgIpc) is 2.96. The molecule has 1 aromatic heterocycles. The van der Waals surface area contributed by atoms with Crippen molar-refractivity contribution in [2.75, 3.05) is 7.11 Å². The number of ether oxygens (including phenoxy) is 1. The highest BCUT2D eigenvalue weighted by molar-refractivity contribution is 5.79. The van der Waals surface area contributed by atoms with Crippen molar-refractivity contribution < 1.29 is 13.9 Å². The molecule has 0 aliphatic rings. The number of nitrogens with one attached hydrogen (secondary N) is 1. The molecule has 0 bridgehead atoms. The molecule has 112 valence electrons. The van der Waals surface area contributed by atoms with Gasteiger partial charge in [0.2, 0.25) is 5.91 Å². The highest BCUT2D eigenvalue weighted by atomic mass is 16.5. The van der Waals surface area contributed by atoms with Gasteiger partial charge in [-0.1, -0.05) is 30.3 Å². The summed E-state index contributed by atoms with van der Waals surface area (Å²) in [6, 6.07) is 17.2. The minimum absolute atomic E-state index is 0.0475. The van der Waals surface area contributed by atoms with Crippen molar-refractivity contribution in [3.8, 4) is 5.75 Å². The van der Waals surface area contributed by atoms with Gasteiger partial charge in [0.15, 0.2) is 0 Å². The van der Waals surface area contributed by atoms with Crippen molar-refractivity contribution in [2.45, 2.75) is 13.0 Å². The van der Waals surface area contributed by atoms with Crippen LogP contribution >= 0.6 is 0 Å². The Morgan fingerprint density at radius 1 is 1.14 bits per heavy atom. The Labute approximate surface area is 128 Å². The lowest BCUT2D eigenvalue weighted by molar-refractivity contribution is -0.120. The second-order valence-corrected chi connectivity index (χ2v) is 5.06. The predicted molar refractivity (Wildman–Crippen MR) is 84.8 cm³/mol. The Balaban J connectivity index is 1.59. The molecule has 1 N–H and O–H groups in total. The normalized spacial score (nSPS) is 10.6. The van der Waals surface area contributed by atoms with Crippen molar-refractivity contribution in [3.05, 3.63) is 65.9 Å². The zero-order chi connectivity index (χ0) is 15.4. The number of carbonyl (C=O) groups excluding carboxylic acids is 1. The lowest BCUT2D eigenvalue weighted by Crippen LogP contribution is -2.24. The fourth-order valence-electron chi connectivity index (χ4n) is 2.34. The zero-order valence-corrected chi connectivity index (χ0v) is 12.3. The summed E-state index contributed by atoms with van der Waals surface area (Å²) in [5.41, 5.74) is 1.75. The van der Waals surface area contributed by atoms with Gasteiger partial charge in [-0.2, -0.15) is 0 Å². The third kappa shape index (κ3) is 3.28. The van der Waals surface area contributed by atoms with Gasteiger partial charge in [0.05, 0.1) is 20.1 Å². The van der Waals surface area contributed by atoms with Gasteiger partial charge in [0.25, 0.3) is 0 Å². The summed E-state index contributed by atoms with van der Waals surface area (Å²) >= 11 is 0. The second-order valence-electron chi connectivity index (χ2n) is 5.06. The smallest absolute Gasteiger partial charge is 0.224 e. The van der Waals surface area contributed by atoms with E-state index >= 15 is 0 Å². The first-order chi connectivity index (χ1) is 10.7. The molecule has 1 amide bonds.